The van der Waals surface area contributed by atoms with Gasteiger partial charge in [0.15, 0.2) is 5.65 Å². The number of hydrogen-bond donors (Lipinski definition) is 1. The highest BCUT2D eigenvalue weighted by atomic mass is 15.4. The molecular weight excluding hydrogens is 350 g/mol. The van der Waals surface area contributed by atoms with E-state index in [2.05, 4.69) is 76.2 Å². The minimum absolute atomic E-state index is 0.495. The van der Waals surface area contributed by atoms with Crippen LogP contribution in [-0.4, -0.2) is 61.9 Å². The fourth-order valence-electron chi connectivity index (χ4n) is 4.13. The molecule has 28 heavy (non-hydrogen) atoms. The molecule has 0 unspecified atom stereocenters. The summed E-state index contributed by atoms with van der Waals surface area (Å²) in [6.45, 7) is 8.51. The summed E-state index contributed by atoms with van der Waals surface area (Å²) >= 11 is 0. The van der Waals surface area contributed by atoms with Gasteiger partial charge >= 0.3 is 0 Å². The Hall–Kier alpha value is -2.93. The van der Waals surface area contributed by atoms with Gasteiger partial charge in [-0.05, 0) is 52.1 Å². The van der Waals surface area contributed by atoms with Crippen LogP contribution in [0.15, 0.2) is 36.5 Å². The summed E-state index contributed by atoms with van der Waals surface area (Å²) in [6, 6.07) is 11.5. The number of H-pyrrole nitrogens is 1. The van der Waals surface area contributed by atoms with Gasteiger partial charge in [0.05, 0.1) is 23.1 Å². The number of fused-ring (bicyclic) bond motifs is 2. The quantitative estimate of drug-likeness (QED) is 0.583. The lowest BCUT2D eigenvalue weighted by Gasteiger charge is -2.42. The van der Waals surface area contributed by atoms with E-state index >= 15 is 0 Å². The lowest BCUT2D eigenvalue weighted by Crippen LogP contribution is -2.55. The van der Waals surface area contributed by atoms with Crippen molar-refractivity contribution >= 4 is 22.4 Å². The minimum atomic E-state index is 0.495. The number of aromatic nitrogens is 5. The summed E-state index contributed by atoms with van der Waals surface area (Å²) < 4.78 is 1.96. The third kappa shape index (κ3) is 2.65. The summed E-state index contributed by atoms with van der Waals surface area (Å²) in [6.07, 6.45) is 1.90. The van der Waals surface area contributed by atoms with E-state index in [9.17, 15) is 0 Å². The number of imidazole rings is 1. The standard InChI is InChI=1S/C21H25N7/c1-13-11-27(12-14(2)26(13)4)21-8-7-20-22-10-19(28(20)25-21)16-5-6-18-17(9-16)15(3)23-24-18/h5-10,13-14H,11-12H2,1-4H3,(H,23,24)/t13-,14+. The van der Waals surface area contributed by atoms with Crippen LogP contribution in [0, 0.1) is 6.92 Å². The van der Waals surface area contributed by atoms with Gasteiger partial charge in [-0.1, -0.05) is 6.07 Å². The Morgan fingerprint density at radius 3 is 2.64 bits per heavy atom. The number of anilines is 1. The molecule has 4 heterocycles. The van der Waals surface area contributed by atoms with Crippen molar-refractivity contribution in [1.82, 2.24) is 29.7 Å². The molecule has 1 aromatic carbocycles. The molecule has 4 aromatic rings. The summed E-state index contributed by atoms with van der Waals surface area (Å²) in [7, 11) is 2.20. The van der Waals surface area contributed by atoms with E-state index < -0.39 is 0 Å². The number of benzene rings is 1. The Morgan fingerprint density at radius 1 is 1.07 bits per heavy atom. The molecule has 0 radical (unpaired) electrons. The van der Waals surface area contributed by atoms with E-state index in [4.69, 9.17) is 5.10 Å². The van der Waals surface area contributed by atoms with Crippen molar-refractivity contribution < 1.29 is 0 Å². The number of rotatable bonds is 2. The summed E-state index contributed by atoms with van der Waals surface area (Å²) in [5.41, 5.74) is 4.99. The molecule has 0 amide bonds. The summed E-state index contributed by atoms with van der Waals surface area (Å²) in [5, 5.41) is 13.5. The Labute approximate surface area is 164 Å². The van der Waals surface area contributed by atoms with Gasteiger partial charge in [-0.2, -0.15) is 5.10 Å². The van der Waals surface area contributed by atoms with Crippen molar-refractivity contribution in [3.63, 3.8) is 0 Å². The lowest BCUT2D eigenvalue weighted by atomic mass is 10.1. The van der Waals surface area contributed by atoms with Gasteiger partial charge in [-0.25, -0.2) is 9.50 Å². The van der Waals surface area contributed by atoms with Gasteiger partial charge in [-0.15, -0.1) is 5.10 Å². The first-order valence-electron chi connectivity index (χ1n) is 9.78. The molecule has 1 saturated heterocycles. The molecule has 0 saturated carbocycles. The number of aryl methyl sites for hydroxylation is 1. The molecule has 0 spiro atoms. The largest absolute Gasteiger partial charge is 0.352 e. The first-order chi connectivity index (χ1) is 13.5. The lowest BCUT2D eigenvalue weighted by molar-refractivity contribution is 0.169. The highest BCUT2D eigenvalue weighted by Crippen LogP contribution is 2.27. The van der Waals surface area contributed by atoms with E-state index in [0.29, 0.717) is 12.1 Å². The van der Waals surface area contributed by atoms with Crippen molar-refractivity contribution in [1.29, 1.82) is 0 Å². The van der Waals surface area contributed by atoms with Crippen molar-refractivity contribution in [2.75, 3.05) is 25.0 Å². The van der Waals surface area contributed by atoms with Crippen LogP contribution >= 0.6 is 0 Å². The summed E-state index contributed by atoms with van der Waals surface area (Å²) in [5.74, 6) is 0.999. The average Bonchev–Trinajstić information content (AvgIpc) is 3.28. The topological polar surface area (TPSA) is 65.4 Å². The number of likely N-dealkylation sites (N-methyl/N-ethyl adjacent to an activating group) is 1. The van der Waals surface area contributed by atoms with Crippen molar-refractivity contribution in [2.24, 2.45) is 0 Å². The van der Waals surface area contributed by atoms with E-state index in [1.54, 1.807) is 0 Å². The minimum Gasteiger partial charge on any atom is -0.352 e. The van der Waals surface area contributed by atoms with Gasteiger partial charge in [-0.3, -0.25) is 10.00 Å². The molecule has 1 aliphatic heterocycles. The van der Waals surface area contributed by atoms with Crippen LogP contribution < -0.4 is 4.90 Å². The Bertz CT molecular complexity index is 1150. The molecule has 2 atom stereocenters. The van der Waals surface area contributed by atoms with E-state index in [0.717, 1.165) is 52.4 Å². The van der Waals surface area contributed by atoms with Gasteiger partial charge < -0.3 is 4.90 Å². The molecule has 1 aliphatic rings. The molecule has 3 aromatic heterocycles. The van der Waals surface area contributed by atoms with Crippen LogP contribution in [0.5, 0.6) is 0 Å². The van der Waals surface area contributed by atoms with Crippen LogP contribution in [0.2, 0.25) is 0 Å². The zero-order valence-electron chi connectivity index (χ0n) is 16.7. The SMILES string of the molecule is Cc1n[nH]c2ccc(-c3cnc4ccc(N5C[C@@H](C)N(C)[C@@H](C)C5)nn34)cc12. The maximum Gasteiger partial charge on any atom is 0.154 e. The van der Waals surface area contributed by atoms with E-state index in [-0.39, 0.29) is 0 Å². The van der Waals surface area contributed by atoms with Crippen molar-refractivity contribution in [3.8, 4) is 11.3 Å². The highest BCUT2D eigenvalue weighted by molar-refractivity contribution is 5.86. The molecular formula is C21H25N7. The number of nitrogens with zero attached hydrogens (tertiary/aromatic N) is 6. The van der Waals surface area contributed by atoms with E-state index in [1.165, 1.54) is 0 Å². The number of hydrogen-bond acceptors (Lipinski definition) is 5. The molecule has 1 N–H and O–H groups in total. The Kier molecular flexibility index (Phi) is 3.87. The second-order valence-corrected chi connectivity index (χ2v) is 7.94. The molecule has 144 valence electrons. The van der Waals surface area contributed by atoms with Crippen LogP contribution in [0.4, 0.5) is 5.82 Å². The van der Waals surface area contributed by atoms with Crippen LogP contribution in [0.25, 0.3) is 27.8 Å². The smallest absolute Gasteiger partial charge is 0.154 e. The van der Waals surface area contributed by atoms with Crippen LogP contribution in [-0.2, 0) is 0 Å². The van der Waals surface area contributed by atoms with Gasteiger partial charge in [0.25, 0.3) is 0 Å². The third-order valence-electron chi connectivity index (χ3n) is 6.08. The molecule has 1 fully saturated rings. The second kappa shape index (κ2) is 6.31. The average molecular weight is 375 g/mol. The first kappa shape index (κ1) is 17.2. The highest BCUT2D eigenvalue weighted by Gasteiger charge is 2.27. The van der Waals surface area contributed by atoms with Crippen LogP contribution in [0.3, 0.4) is 0 Å². The predicted octanol–water partition coefficient (Wildman–Crippen LogP) is 3.11. The fourth-order valence-corrected chi connectivity index (χ4v) is 4.13. The molecule has 0 aliphatic carbocycles. The fraction of sp³-hybridized carbons (Fsp3) is 0.381. The van der Waals surface area contributed by atoms with Crippen LogP contribution in [0.1, 0.15) is 19.5 Å². The van der Waals surface area contributed by atoms with Crippen molar-refractivity contribution in [3.05, 3.63) is 42.2 Å². The Morgan fingerprint density at radius 2 is 1.86 bits per heavy atom. The Balaban J connectivity index is 1.57. The van der Waals surface area contributed by atoms with Crippen molar-refractivity contribution in [2.45, 2.75) is 32.9 Å². The molecule has 0 bridgehead atoms. The zero-order chi connectivity index (χ0) is 19.4. The van der Waals surface area contributed by atoms with E-state index in [1.807, 2.05) is 17.6 Å². The maximum absolute atomic E-state index is 4.96. The monoisotopic (exact) mass is 375 g/mol. The number of piperazine rings is 1. The van der Waals surface area contributed by atoms with Gasteiger partial charge in [0.2, 0.25) is 0 Å². The number of aromatic amines is 1. The first-order valence-corrected chi connectivity index (χ1v) is 9.78. The van der Waals surface area contributed by atoms with Gasteiger partial charge in [0.1, 0.15) is 5.82 Å². The third-order valence-corrected chi connectivity index (χ3v) is 6.08. The number of nitrogens with one attached hydrogen (secondary N) is 1. The molecule has 5 rings (SSSR count). The second-order valence-electron chi connectivity index (χ2n) is 7.94. The predicted molar refractivity (Wildman–Crippen MR) is 112 cm³/mol. The molecule has 7 heteroatoms. The maximum atomic E-state index is 4.96. The summed E-state index contributed by atoms with van der Waals surface area (Å²) in [4.78, 5) is 9.37. The molecule has 7 nitrogen and oxygen atoms in total. The normalized spacial score (nSPS) is 21.1. The van der Waals surface area contributed by atoms with Gasteiger partial charge in [0, 0.05) is 36.1 Å². The zero-order valence-corrected chi connectivity index (χ0v) is 16.7.